The van der Waals surface area contributed by atoms with Gasteiger partial charge in [0.1, 0.15) is 6.61 Å². The van der Waals surface area contributed by atoms with Gasteiger partial charge in [0.25, 0.3) is 0 Å². The highest BCUT2D eigenvalue weighted by molar-refractivity contribution is 7.47. The minimum atomic E-state index is -4.38. The maximum atomic E-state index is 12.6. The number of nitrogens with two attached hydrogens (primary N) is 1. The van der Waals surface area contributed by atoms with Crippen LogP contribution in [0.3, 0.4) is 0 Å². The number of hydrogen-bond donors (Lipinski definition) is 2. The number of esters is 2. The van der Waals surface area contributed by atoms with Crippen LogP contribution in [0, 0.1) is 0 Å². The monoisotopic (exact) mass is 898 g/mol. The highest BCUT2D eigenvalue weighted by Crippen LogP contribution is 2.43. The number of allylic oxidation sites excluding steroid dienone is 4. The number of unbranched alkanes of at least 4 members (excludes halogenated alkanes) is 33. The summed E-state index contributed by atoms with van der Waals surface area (Å²) in [7, 11) is -4.38. The van der Waals surface area contributed by atoms with Crippen molar-refractivity contribution in [3.05, 3.63) is 24.3 Å². The van der Waals surface area contributed by atoms with Gasteiger partial charge >= 0.3 is 19.8 Å². The number of phosphoric ester groups is 1. The third kappa shape index (κ3) is 48.0. The Labute approximate surface area is 382 Å². The Hall–Kier alpha value is -1.51. The average molecular weight is 898 g/mol. The highest BCUT2D eigenvalue weighted by Gasteiger charge is 2.26. The van der Waals surface area contributed by atoms with Gasteiger partial charge in [-0.3, -0.25) is 18.6 Å². The zero-order chi connectivity index (χ0) is 45.3. The molecular formula is C52H100NO8P. The summed E-state index contributed by atoms with van der Waals surface area (Å²) in [5.74, 6) is -0.831. The molecule has 10 heteroatoms. The molecule has 0 aliphatic rings. The topological polar surface area (TPSA) is 134 Å². The van der Waals surface area contributed by atoms with Gasteiger partial charge in [0, 0.05) is 19.4 Å². The first-order valence-corrected chi connectivity index (χ1v) is 27.8. The fraction of sp³-hybridized carbons (Fsp3) is 0.885. The lowest BCUT2D eigenvalue weighted by Crippen LogP contribution is -2.29. The van der Waals surface area contributed by atoms with Gasteiger partial charge in [-0.25, -0.2) is 4.57 Å². The van der Waals surface area contributed by atoms with E-state index in [4.69, 9.17) is 24.3 Å². The van der Waals surface area contributed by atoms with Crippen LogP contribution >= 0.6 is 7.82 Å². The first kappa shape index (κ1) is 60.5. The third-order valence-electron chi connectivity index (χ3n) is 11.6. The molecule has 3 N–H and O–H groups in total. The minimum absolute atomic E-state index is 0.0528. The van der Waals surface area contributed by atoms with Crippen molar-refractivity contribution in [3.8, 4) is 0 Å². The Balaban J connectivity index is 3.96. The van der Waals surface area contributed by atoms with Crippen LogP contribution in [0.5, 0.6) is 0 Å². The van der Waals surface area contributed by atoms with E-state index in [9.17, 15) is 19.0 Å². The van der Waals surface area contributed by atoms with Gasteiger partial charge in [0.15, 0.2) is 6.10 Å². The van der Waals surface area contributed by atoms with Crippen molar-refractivity contribution in [2.24, 2.45) is 5.73 Å². The van der Waals surface area contributed by atoms with E-state index in [-0.39, 0.29) is 38.6 Å². The minimum Gasteiger partial charge on any atom is -0.462 e. The Morgan fingerprint density at radius 1 is 0.484 bits per heavy atom. The predicted molar refractivity (Wildman–Crippen MR) is 261 cm³/mol. The molecule has 0 aromatic carbocycles. The van der Waals surface area contributed by atoms with Gasteiger partial charge in [0.2, 0.25) is 0 Å². The third-order valence-corrected chi connectivity index (χ3v) is 12.6. The fourth-order valence-electron chi connectivity index (χ4n) is 7.67. The Kier molecular flexibility index (Phi) is 47.7. The molecule has 2 unspecified atom stereocenters. The number of rotatable bonds is 50. The number of carbonyl (C=O) groups is 2. The standard InChI is InChI=1S/C52H100NO8P/c1-3-5-7-9-11-13-15-17-19-21-22-23-24-25-26-27-28-29-31-32-34-36-38-40-42-44-51(54)58-48-50(49-60-62(56,57)59-47-46-53)61-52(55)45-43-41-39-37-35-33-30-20-18-16-14-12-10-8-6-4-2/h14,16,20,30,50H,3-13,15,17-19,21-29,31-49,53H2,1-2H3,(H,56,57)/b16-14-,30-20-. The molecule has 0 aliphatic heterocycles. The van der Waals surface area contributed by atoms with Crippen LogP contribution in [0.25, 0.3) is 0 Å². The predicted octanol–water partition coefficient (Wildman–Crippen LogP) is 15.9. The van der Waals surface area contributed by atoms with E-state index in [0.29, 0.717) is 6.42 Å². The molecule has 0 aromatic rings. The number of phosphoric acid groups is 1. The van der Waals surface area contributed by atoms with Gasteiger partial charge < -0.3 is 20.1 Å². The summed E-state index contributed by atoms with van der Waals surface area (Å²) in [5.41, 5.74) is 5.36. The normalized spacial score (nSPS) is 13.3. The molecule has 0 spiro atoms. The molecule has 2 atom stereocenters. The van der Waals surface area contributed by atoms with Crippen LogP contribution < -0.4 is 5.73 Å². The summed E-state index contributed by atoms with van der Waals surface area (Å²) in [4.78, 5) is 35.0. The van der Waals surface area contributed by atoms with Crippen LogP contribution in [0.15, 0.2) is 24.3 Å². The largest absolute Gasteiger partial charge is 0.472 e. The fourth-order valence-corrected chi connectivity index (χ4v) is 8.43. The molecular weight excluding hydrogens is 798 g/mol. The lowest BCUT2D eigenvalue weighted by atomic mass is 10.0. The summed E-state index contributed by atoms with van der Waals surface area (Å²) in [6.45, 7) is 3.75. The Morgan fingerprint density at radius 2 is 0.839 bits per heavy atom. The molecule has 0 aliphatic carbocycles. The van der Waals surface area contributed by atoms with E-state index < -0.39 is 26.5 Å². The number of ether oxygens (including phenoxy) is 2. The van der Waals surface area contributed by atoms with E-state index >= 15 is 0 Å². The first-order chi connectivity index (χ1) is 30.3. The summed E-state index contributed by atoms with van der Waals surface area (Å²) in [6, 6.07) is 0. The molecule has 0 saturated heterocycles. The number of hydrogen-bond acceptors (Lipinski definition) is 8. The van der Waals surface area contributed by atoms with Gasteiger partial charge in [-0.2, -0.15) is 0 Å². The zero-order valence-electron chi connectivity index (χ0n) is 40.6. The van der Waals surface area contributed by atoms with Gasteiger partial charge in [-0.15, -0.1) is 0 Å². The van der Waals surface area contributed by atoms with Gasteiger partial charge in [-0.05, 0) is 44.9 Å². The molecule has 0 aromatic heterocycles. The van der Waals surface area contributed by atoms with Crippen molar-refractivity contribution in [1.29, 1.82) is 0 Å². The van der Waals surface area contributed by atoms with E-state index in [1.807, 2.05) is 0 Å². The maximum Gasteiger partial charge on any atom is 0.472 e. The number of carbonyl (C=O) groups excluding carboxylic acids is 2. The molecule has 0 saturated carbocycles. The Morgan fingerprint density at radius 3 is 1.24 bits per heavy atom. The van der Waals surface area contributed by atoms with Crippen molar-refractivity contribution < 1.29 is 37.6 Å². The van der Waals surface area contributed by atoms with Crippen LogP contribution in [-0.2, 0) is 32.7 Å². The molecule has 9 nitrogen and oxygen atoms in total. The summed E-state index contributed by atoms with van der Waals surface area (Å²) >= 11 is 0. The molecule has 0 fully saturated rings. The maximum absolute atomic E-state index is 12.6. The molecule has 0 rings (SSSR count). The Bertz CT molecular complexity index is 1070. The molecule has 0 heterocycles. The van der Waals surface area contributed by atoms with Crippen LogP contribution in [-0.4, -0.2) is 49.3 Å². The SMILES string of the molecule is CCCCCC/C=C\C/C=C\CCCCCCCC(=O)OC(COC(=O)CCCCCCCCCCCCCCCCCCCCCCCCCCC)COP(=O)(O)OCCN. The summed E-state index contributed by atoms with van der Waals surface area (Å²) in [5, 5.41) is 0. The second kappa shape index (κ2) is 48.9. The van der Waals surface area contributed by atoms with E-state index in [1.165, 1.54) is 173 Å². The van der Waals surface area contributed by atoms with E-state index in [0.717, 1.165) is 57.8 Å². The van der Waals surface area contributed by atoms with E-state index in [2.05, 4.69) is 38.2 Å². The molecule has 0 radical (unpaired) electrons. The lowest BCUT2D eigenvalue weighted by Gasteiger charge is -2.19. The summed E-state index contributed by atoms with van der Waals surface area (Å²) < 4.78 is 32.9. The van der Waals surface area contributed by atoms with Crippen molar-refractivity contribution in [2.45, 2.75) is 270 Å². The molecule has 62 heavy (non-hydrogen) atoms. The van der Waals surface area contributed by atoms with Crippen molar-refractivity contribution in [1.82, 2.24) is 0 Å². The average Bonchev–Trinajstić information content (AvgIpc) is 3.26. The zero-order valence-corrected chi connectivity index (χ0v) is 41.5. The molecule has 0 amide bonds. The van der Waals surface area contributed by atoms with Crippen LogP contribution in [0.2, 0.25) is 0 Å². The molecule has 0 bridgehead atoms. The van der Waals surface area contributed by atoms with Crippen molar-refractivity contribution in [3.63, 3.8) is 0 Å². The van der Waals surface area contributed by atoms with Crippen molar-refractivity contribution >= 4 is 19.8 Å². The summed E-state index contributed by atoms with van der Waals surface area (Å²) in [6.07, 6.45) is 55.1. The lowest BCUT2D eigenvalue weighted by molar-refractivity contribution is -0.161. The van der Waals surface area contributed by atoms with Gasteiger partial charge in [-0.1, -0.05) is 231 Å². The second-order valence-corrected chi connectivity index (χ2v) is 19.2. The van der Waals surface area contributed by atoms with Gasteiger partial charge in [0.05, 0.1) is 13.2 Å². The van der Waals surface area contributed by atoms with E-state index in [1.54, 1.807) is 0 Å². The van der Waals surface area contributed by atoms with Crippen LogP contribution in [0.1, 0.15) is 264 Å². The first-order valence-electron chi connectivity index (χ1n) is 26.3. The molecule has 366 valence electrons. The quantitative estimate of drug-likeness (QED) is 0.0265. The smallest absolute Gasteiger partial charge is 0.462 e. The van der Waals surface area contributed by atoms with Crippen LogP contribution in [0.4, 0.5) is 0 Å². The highest BCUT2D eigenvalue weighted by atomic mass is 31.2. The second-order valence-electron chi connectivity index (χ2n) is 17.8. The van der Waals surface area contributed by atoms with Crippen molar-refractivity contribution in [2.75, 3.05) is 26.4 Å².